The fourth-order valence-electron chi connectivity index (χ4n) is 3.61. The lowest BCUT2D eigenvalue weighted by atomic mass is 10.1. The number of hydrogen-bond donors (Lipinski definition) is 3. The van der Waals surface area contributed by atoms with Crippen LogP contribution in [0.5, 0.6) is 5.75 Å². The Morgan fingerprint density at radius 2 is 1.53 bits per heavy atom. The fraction of sp³-hybridized carbons (Fsp3) is 0.174. The number of nitrogens with one attached hydrogen (secondary N) is 2. The minimum absolute atomic E-state index is 0.127. The zero-order valence-corrected chi connectivity index (χ0v) is 16.8. The van der Waals surface area contributed by atoms with Crippen LogP contribution in [0.2, 0.25) is 0 Å². The first-order valence-corrected chi connectivity index (χ1v) is 9.48. The van der Waals surface area contributed by atoms with E-state index in [1.54, 1.807) is 69.3 Å². The molecule has 3 aromatic carbocycles. The van der Waals surface area contributed by atoms with Gasteiger partial charge in [0.1, 0.15) is 5.75 Å². The van der Waals surface area contributed by atoms with Gasteiger partial charge in [0.05, 0.1) is 16.8 Å². The van der Waals surface area contributed by atoms with Crippen molar-refractivity contribution >= 4 is 40.0 Å². The Balaban J connectivity index is 1.57. The van der Waals surface area contributed by atoms with Gasteiger partial charge in [-0.15, -0.1) is 0 Å². The summed E-state index contributed by atoms with van der Waals surface area (Å²) in [5.74, 6) is -0.591. The van der Waals surface area contributed by atoms with Crippen LogP contribution in [0.1, 0.15) is 41.5 Å². The molecule has 0 spiro atoms. The maximum absolute atomic E-state index is 12.7. The number of benzene rings is 3. The number of hydrogen-bond acceptors (Lipinski definition) is 4. The van der Waals surface area contributed by atoms with E-state index in [-0.39, 0.29) is 23.1 Å². The highest BCUT2D eigenvalue weighted by atomic mass is 16.3. The van der Waals surface area contributed by atoms with Crippen molar-refractivity contribution in [3.63, 3.8) is 0 Å². The summed E-state index contributed by atoms with van der Waals surface area (Å²) in [4.78, 5) is 39.0. The first-order chi connectivity index (χ1) is 14.2. The summed E-state index contributed by atoms with van der Waals surface area (Å²) in [6.07, 6.45) is 0. The lowest BCUT2D eigenvalue weighted by Gasteiger charge is -2.29. The fourth-order valence-corrected chi connectivity index (χ4v) is 3.61. The molecule has 4 amide bonds. The van der Waals surface area contributed by atoms with Gasteiger partial charge in [-0.25, -0.2) is 4.79 Å². The van der Waals surface area contributed by atoms with E-state index in [1.165, 1.54) is 11.0 Å². The summed E-state index contributed by atoms with van der Waals surface area (Å²) in [6.45, 7) is 5.38. The Labute approximate surface area is 173 Å². The van der Waals surface area contributed by atoms with Crippen molar-refractivity contribution in [1.29, 1.82) is 0 Å². The number of carbonyl (C=O) groups is 3. The molecule has 0 saturated heterocycles. The standard InChI is InChI=1S/C23H21N3O4/c1-23(2,3)26-20(28)16-11-10-13(12-17(16)21(26)29)24-22(30)25-18-8-4-7-15-14(18)6-5-9-19(15)27/h4-12,27H,1-3H3,(H2,24,25,30). The van der Waals surface area contributed by atoms with E-state index in [1.807, 2.05) is 0 Å². The van der Waals surface area contributed by atoms with Gasteiger partial charge in [0.25, 0.3) is 11.8 Å². The molecule has 4 rings (SSSR count). The van der Waals surface area contributed by atoms with Crippen molar-refractivity contribution < 1.29 is 19.5 Å². The summed E-state index contributed by atoms with van der Waals surface area (Å²) in [6, 6.07) is 14.4. The molecule has 30 heavy (non-hydrogen) atoms. The van der Waals surface area contributed by atoms with Gasteiger partial charge < -0.3 is 15.7 Å². The summed E-state index contributed by atoms with van der Waals surface area (Å²) in [7, 11) is 0. The zero-order chi connectivity index (χ0) is 21.6. The SMILES string of the molecule is CC(C)(C)N1C(=O)c2ccc(NC(=O)Nc3cccc4c(O)cccc34)cc2C1=O. The number of amides is 4. The van der Waals surface area contributed by atoms with Crippen molar-refractivity contribution in [3.8, 4) is 5.75 Å². The number of fused-ring (bicyclic) bond motifs is 2. The van der Waals surface area contributed by atoms with E-state index in [0.717, 1.165) is 0 Å². The third-order valence-electron chi connectivity index (χ3n) is 4.96. The predicted octanol–water partition coefficient (Wildman–Crippen LogP) is 4.58. The van der Waals surface area contributed by atoms with Crippen LogP contribution in [-0.4, -0.2) is 33.4 Å². The van der Waals surface area contributed by atoms with Crippen molar-refractivity contribution in [2.24, 2.45) is 0 Å². The lowest BCUT2D eigenvalue weighted by Crippen LogP contribution is -2.45. The van der Waals surface area contributed by atoms with E-state index in [0.29, 0.717) is 27.7 Å². The molecule has 0 unspecified atom stereocenters. The van der Waals surface area contributed by atoms with Crippen LogP contribution >= 0.6 is 0 Å². The molecule has 152 valence electrons. The number of rotatable bonds is 2. The van der Waals surface area contributed by atoms with Crippen LogP contribution in [0.4, 0.5) is 16.2 Å². The van der Waals surface area contributed by atoms with Crippen molar-refractivity contribution in [2.45, 2.75) is 26.3 Å². The molecule has 0 radical (unpaired) electrons. The van der Waals surface area contributed by atoms with Crippen LogP contribution in [0.15, 0.2) is 54.6 Å². The van der Waals surface area contributed by atoms with E-state index < -0.39 is 11.6 Å². The Morgan fingerprint density at radius 1 is 0.867 bits per heavy atom. The largest absolute Gasteiger partial charge is 0.507 e. The van der Waals surface area contributed by atoms with Gasteiger partial charge in [-0.05, 0) is 51.1 Å². The molecule has 7 nitrogen and oxygen atoms in total. The van der Waals surface area contributed by atoms with Gasteiger partial charge in [-0.3, -0.25) is 14.5 Å². The van der Waals surface area contributed by atoms with Gasteiger partial charge in [0, 0.05) is 22.0 Å². The number of imide groups is 1. The Kier molecular flexibility index (Phi) is 4.46. The Hall–Kier alpha value is -3.87. The van der Waals surface area contributed by atoms with Crippen LogP contribution in [0, 0.1) is 0 Å². The molecule has 1 heterocycles. The van der Waals surface area contributed by atoms with Crippen LogP contribution in [0.3, 0.4) is 0 Å². The molecule has 1 aliphatic rings. The number of phenols is 1. The normalized spacial score (nSPS) is 13.5. The van der Waals surface area contributed by atoms with E-state index >= 15 is 0 Å². The molecule has 3 N–H and O–H groups in total. The molecular weight excluding hydrogens is 382 g/mol. The van der Waals surface area contributed by atoms with Gasteiger partial charge in [-0.1, -0.05) is 24.3 Å². The highest BCUT2D eigenvalue weighted by molar-refractivity contribution is 6.22. The average Bonchev–Trinajstić information content (AvgIpc) is 2.92. The Bertz CT molecular complexity index is 1210. The molecular formula is C23H21N3O4. The maximum Gasteiger partial charge on any atom is 0.323 e. The predicted molar refractivity (Wildman–Crippen MR) is 115 cm³/mol. The quantitative estimate of drug-likeness (QED) is 0.545. The smallest absolute Gasteiger partial charge is 0.323 e. The molecule has 0 atom stereocenters. The average molecular weight is 403 g/mol. The monoisotopic (exact) mass is 403 g/mol. The van der Waals surface area contributed by atoms with Crippen molar-refractivity contribution in [2.75, 3.05) is 10.6 Å². The van der Waals surface area contributed by atoms with Gasteiger partial charge in [0.2, 0.25) is 0 Å². The topological polar surface area (TPSA) is 98.7 Å². The number of phenolic OH excluding ortho intramolecular Hbond substituents is 1. The lowest BCUT2D eigenvalue weighted by molar-refractivity contribution is 0.0507. The molecule has 3 aromatic rings. The van der Waals surface area contributed by atoms with Crippen molar-refractivity contribution in [1.82, 2.24) is 4.90 Å². The molecule has 1 aliphatic heterocycles. The highest BCUT2D eigenvalue weighted by Gasteiger charge is 2.41. The van der Waals surface area contributed by atoms with E-state index in [4.69, 9.17) is 0 Å². The first-order valence-electron chi connectivity index (χ1n) is 9.48. The minimum Gasteiger partial charge on any atom is -0.507 e. The second kappa shape index (κ2) is 6.88. The second-order valence-corrected chi connectivity index (χ2v) is 8.13. The third-order valence-corrected chi connectivity index (χ3v) is 4.96. The summed E-state index contributed by atoms with van der Waals surface area (Å²) in [5, 5.41) is 16.8. The third kappa shape index (κ3) is 3.24. The zero-order valence-electron chi connectivity index (χ0n) is 16.8. The van der Waals surface area contributed by atoms with Gasteiger partial charge >= 0.3 is 6.03 Å². The van der Waals surface area contributed by atoms with Crippen LogP contribution < -0.4 is 10.6 Å². The second-order valence-electron chi connectivity index (χ2n) is 8.13. The highest BCUT2D eigenvalue weighted by Crippen LogP contribution is 2.32. The molecule has 0 bridgehead atoms. The number of nitrogens with zero attached hydrogens (tertiary/aromatic N) is 1. The van der Waals surface area contributed by atoms with Crippen LogP contribution in [-0.2, 0) is 0 Å². The van der Waals surface area contributed by atoms with E-state index in [9.17, 15) is 19.5 Å². The summed E-state index contributed by atoms with van der Waals surface area (Å²) in [5.41, 5.74) is 0.879. The number of urea groups is 1. The molecule has 7 heteroatoms. The van der Waals surface area contributed by atoms with E-state index in [2.05, 4.69) is 10.6 Å². The minimum atomic E-state index is -0.641. The molecule has 0 aromatic heterocycles. The van der Waals surface area contributed by atoms with Gasteiger partial charge in [0.15, 0.2) is 0 Å². The number of carbonyl (C=O) groups excluding carboxylic acids is 3. The summed E-state index contributed by atoms with van der Waals surface area (Å²) < 4.78 is 0. The summed E-state index contributed by atoms with van der Waals surface area (Å²) >= 11 is 0. The molecule has 0 fully saturated rings. The first kappa shape index (κ1) is 19.4. The van der Waals surface area contributed by atoms with Crippen molar-refractivity contribution in [3.05, 3.63) is 65.7 Å². The Morgan fingerprint density at radius 3 is 2.27 bits per heavy atom. The van der Waals surface area contributed by atoms with Gasteiger partial charge in [-0.2, -0.15) is 0 Å². The maximum atomic E-state index is 12.7. The number of aromatic hydroxyl groups is 1. The molecule has 0 aliphatic carbocycles. The molecule has 0 saturated carbocycles. The number of anilines is 2. The van der Waals surface area contributed by atoms with Crippen LogP contribution in [0.25, 0.3) is 10.8 Å².